The number of piperazine rings is 1. The molecule has 8 heteroatoms. The maximum Gasteiger partial charge on any atom is 0.243 e. The average molecular weight is 369 g/mol. The van der Waals surface area contributed by atoms with Crippen LogP contribution in [0, 0.1) is 12.7 Å². The quantitative estimate of drug-likeness (QED) is 0.848. The molecule has 2 aliphatic rings. The van der Waals surface area contributed by atoms with Gasteiger partial charge >= 0.3 is 0 Å². The highest BCUT2D eigenvalue weighted by Crippen LogP contribution is 2.33. The predicted octanol–water partition coefficient (Wildman–Crippen LogP) is 1.11. The topological polar surface area (TPSA) is 69.7 Å². The monoisotopic (exact) mass is 369 g/mol. The van der Waals surface area contributed by atoms with Crippen molar-refractivity contribution in [2.75, 3.05) is 33.2 Å². The van der Waals surface area contributed by atoms with Gasteiger partial charge in [0.25, 0.3) is 0 Å². The lowest BCUT2D eigenvalue weighted by Crippen LogP contribution is -2.62. The van der Waals surface area contributed by atoms with Gasteiger partial charge in [-0.2, -0.15) is 4.31 Å². The van der Waals surface area contributed by atoms with Crippen LogP contribution in [0.15, 0.2) is 23.1 Å². The van der Waals surface area contributed by atoms with Crippen LogP contribution in [0.3, 0.4) is 0 Å². The van der Waals surface area contributed by atoms with Gasteiger partial charge in [0.2, 0.25) is 15.9 Å². The van der Waals surface area contributed by atoms with Crippen molar-refractivity contribution in [1.29, 1.82) is 0 Å². The van der Waals surface area contributed by atoms with Crippen LogP contribution in [0.5, 0.6) is 0 Å². The molecule has 1 aromatic carbocycles. The molecule has 2 fully saturated rings. The van der Waals surface area contributed by atoms with E-state index in [1.807, 2.05) is 7.05 Å². The number of likely N-dealkylation sites (N-methyl/N-ethyl adjacent to an activating group) is 1. The van der Waals surface area contributed by atoms with E-state index >= 15 is 0 Å². The molecule has 1 atom stereocenters. The maximum atomic E-state index is 13.6. The van der Waals surface area contributed by atoms with Crippen molar-refractivity contribution in [3.8, 4) is 0 Å². The fraction of sp³-hybridized carbons (Fsp3) is 0.588. The number of rotatable bonds is 2. The summed E-state index contributed by atoms with van der Waals surface area (Å²) < 4.78 is 41.3. The van der Waals surface area contributed by atoms with Gasteiger partial charge in [-0.1, -0.05) is 6.07 Å². The molecule has 3 rings (SSSR count). The molecular formula is C17H24FN3O3S. The third-order valence-corrected chi connectivity index (χ3v) is 7.45. The average Bonchev–Trinajstić information content (AvgIpc) is 2.75. The summed E-state index contributed by atoms with van der Waals surface area (Å²) in [5.74, 6) is -0.552. The highest BCUT2D eigenvalue weighted by atomic mass is 32.2. The van der Waals surface area contributed by atoms with Crippen LogP contribution in [0.1, 0.15) is 24.8 Å². The Balaban J connectivity index is 1.92. The van der Waals surface area contributed by atoms with Crippen LogP contribution in [0.25, 0.3) is 0 Å². The summed E-state index contributed by atoms with van der Waals surface area (Å²) in [6.07, 6.45) is 1.70. The summed E-state index contributed by atoms with van der Waals surface area (Å²) in [6, 6.07) is 3.85. The Bertz CT molecular complexity index is 783. The van der Waals surface area contributed by atoms with E-state index < -0.39 is 15.8 Å². The number of nitrogens with zero attached hydrogens (tertiary/aromatic N) is 2. The lowest BCUT2D eigenvalue weighted by Gasteiger charge is -2.48. The third-order valence-electron chi connectivity index (χ3n) is 5.46. The molecule has 0 aliphatic carbocycles. The van der Waals surface area contributed by atoms with E-state index in [4.69, 9.17) is 0 Å². The Morgan fingerprint density at radius 2 is 2.00 bits per heavy atom. The molecule has 2 heterocycles. The van der Waals surface area contributed by atoms with Crippen LogP contribution in [0.4, 0.5) is 4.39 Å². The SMILES string of the molecule is Cc1ccc(F)cc1S(=O)(=O)N1CCN(C)[C@@]2(CCNC(=O)CC2)C1. The number of hydrogen-bond donors (Lipinski definition) is 1. The van der Waals surface area contributed by atoms with E-state index in [9.17, 15) is 17.6 Å². The first kappa shape index (κ1) is 18.3. The molecule has 0 bridgehead atoms. The molecule has 0 saturated carbocycles. The zero-order valence-corrected chi connectivity index (χ0v) is 15.4. The lowest BCUT2D eigenvalue weighted by molar-refractivity contribution is -0.121. The molecule has 1 aromatic rings. The minimum Gasteiger partial charge on any atom is -0.356 e. The Hall–Kier alpha value is -1.51. The van der Waals surface area contributed by atoms with Gasteiger partial charge in [-0.25, -0.2) is 12.8 Å². The molecule has 0 aromatic heterocycles. The molecule has 1 spiro atoms. The Labute approximate surface area is 148 Å². The molecule has 1 N–H and O–H groups in total. The second-order valence-corrected chi connectivity index (χ2v) is 8.90. The normalized spacial score (nSPS) is 26.4. The van der Waals surface area contributed by atoms with Crippen molar-refractivity contribution in [2.24, 2.45) is 0 Å². The smallest absolute Gasteiger partial charge is 0.243 e. The van der Waals surface area contributed by atoms with Crippen LogP contribution in [-0.2, 0) is 14.8 Å². The Morgan fingerprint density at radius 1 is 1.24 bits per heavy atom. The maximum absolute atomic E-state index is 13.6. The van der Waals surface area contributed by atoms with E-state index in [0.717, 1.165) is 6.07 Å². The zero-order chi connectivity index (χ0) is 18.2. The van der Waals surface area contributed by atoms with Crippen molar-refractivity contribution in [3.63, 3.8) is 0 Å². The number of aryl methyl sites for hydroxylation is 1. The number of sulfonamides is 1. The van der Waals surface area contributed by atoms with Crippen LogP contribution in [-0.4, -0.2) is 62.3 Å². The number of hydrogen-bond acceptors (Lipinski definition) is 4. The largest absolute Gasteiger partial charge is 0.356 e. The van der Waals surface area contributed by atoms with Gasteiger partial charge in [0.05, 0.1) is 4.90 Å². The fourth-order valence-corrected chi connectivity index (χ4v) is 5.50. The van der Waals surface area contributed by atoms with Crippen molar-refractivity contribution < 1.29 is 17.6 Å². The number of carbonyl (C=O) groups excluding carboxylic acids is 1. The van der Waals surface area contributed by atoms with E-state index in [0.29, 0.717) is 51.0 Å². The first-order valence-electron chi connectivity index (χ1n) is 8.49. The van der Waals surface area contributed by atoms with Gasteiger partial charge in [-0.3, -0.25) is 9.69 Å². The number of nitrogens with one attached hydrogen (secondary N) is 1. The van der Waals surface area contributed by atoms with E-state index in [-0.39, 0.29) is 16.3 Å². The summed E-state index contributed by atoms with van der Waals surface area (Å²) in [5.41, 5.74) is 0.165. The molecule has 138 valence electrons. The second-order valence-electron chi connectivity index (χ2n) is 6.99. The summed E-state index contributed by atoms with van der Waals surface area (Å²) in [7, 11) is -1.80. The number of halogens is 1. The van der Waals surface area contributed by atoms with E-state index in [1.54, 1.807) is 6.92 Å². The number of benzene rings is 1. The second kappa shape index (κ2) is 6.66. The lowest BCUT2D eigenvalue weighted by atomic mass is 9.87. The molecular weight excluding hydrogens is 345 g/mol. The van der Waals surface area contributed by atoms with Crippen molar-refractivity contribution in [2.45, 2.75) is 36.6 Å². The van der Waals surface area contributed by atoms with Gasteiger partial charge in [0, 0.05) is 38.1 Å². The van der Waals surface area contributed by atoms with E-state index in [1.165, 1.54) is 16.4 Å². The number of amides is 1. The minimum absolute atomic E-state index is 0.00577. The van der Waals surface area contributed by atoms with Crippen molar-refractivity contribution in [3.05, 3.63) is 29.6 Å². The zero-order valence-electron chi connectivity index (χ0n) is 14.6. The van der Waals surface area contributed by atoms with Gasteiger partial charge < -0.3 is 5.32 Å². The van der Waals surface area contributed by atoms with Crippen LogP contribution in [0.2, 0.25) is 0 Å². The van der Waals surface area contributed by atoms with Gasteiger partial charge in [0.15, 0.2) is 0 Å². The Morgan fingerprint density at radius 3 is 2.76 bits per heavy atom. The summed E-state index contributed by atoms with van der Waals surface area (Å²) in [6.45, 7) is 3.47. The molecule has 25 heavy (non-hydrogen) atoms. The highest BCUT2D eigenvalue weighted by molar-refractivity contribution is 7.89. The standard InChI is InChI=1S/C17H24FN3O3S/c1-13-3-4-14(18)11-15(13)25(23,24)21-10-9-20(2)17(12-21)6-5-16(22)19-8-7-17/h3-4,11H,5-10,12H2,1-2H3,(H,19,22)/t17-/m0/s1. The molecule has 2 saturated heterocycles. The van der Waals surface area contributed by atoms with Gasteiger partial charge in [0.1, 0.15) is 5.82 Å². The van der Waals surface area contributed by atoms with Crippen LogP contribution < -0.4 is 5.32 Å². The third kappa shape index (κ3) is 3.43. The number of carbonyl (C=O) groups is 1. The molecule has 1 amide bonds. The first-order valence-corrected chi connectivity index (χ1v) is 9.93. The molecule has 0 radical (unpaired) electrons. The summed E-state index contributed by atoms with van der Waals surface area (Å²) in [5, 5.41) is 2.86. The van der Waals surface area contributed by atoms with Crippen molar-refractivity contribution >= 4 is 15.9 Å². The molecule has 2 aliphatic heterocycles. The van der Waals surface area contributed by atoms with E-state index in [2.05, 4.69) is 10.2 Å². The van der Waals surface area contributed by atoms with Crippen molar-refractivity contribution in [1.82, 2.24) is 14.5 Å². The molecule has 0 unspecified atom stereocenters. The molecule has 6 nitrogen and oxygen atoms in total. The van der Waals surface area contributed by atoms with Crippen LogP contribution >= 0.6 is 0 Å². The highest BCUT2D eigenvalue weighted by Gasteiger charge is 2.44. The minimum atomic E-state index is -3.78. The van der Waals surface area contributed by atoms with Gasteiger partial charge in [-0.05, 0) is 44.5 Å². The Kier molecular flexibility index (Phi) is 4.87. The summed E-state index contributed by atoms with van der Waals surface area (Å²) in [4.78, 5) is 13.9. The first-order chi connectivity index (χ1) is 11.7. The summed E-state index contributed by atoms with van der Waals surface area (Å²) >= 11 is 0. The van der Waals surface area contributed by atoms with Gasteiger partial charge in [-0.15, -0.1) is 0 Å². The predicted molar refractivity (Wildman–Crippen MR) is 92.1 cm³/mol. The fourth-order valence-electron chi connectivity index (χ4n) is 3.76.